The Labute approximate surface area is 187 Å². The van der Waals surface area contributed by atoms with Crippen LogP contribution in [0.4, 0.5) is 0 Å². The first-order chi connectivity index (χ1) is 14.3. The number of halogens is 1. The maximum Gasteiger partial charge on any atom is 0.242 e. The molecule has 0 spiro atoms. The normalized spacial score (nSPS) is 11.8. The van der Waals surface area contributed by atoms with Crippen LogP contribution in [0.3, 0.4) is 0 Å². The topological polar surface area (TPSA) is 58.6 Å². The Morgan fingerprint density at radius 3 is 2.43 bits per heavy atom. The second-order valence-electron chi connectivity index (χ2n) is 7.76. The lowest BCUT2D eigenvalue weighted by molar-refractivity contribution is -0.141. The number of amides is 2. The van der Waals surface area contributed by atoms with Crippen LogP contribution in [0.2, 0.25) is 0 Å². The van der Waals surface area contributed by atoms with Crippen molar-refractivity contribution in [2.45, 2.75) is 59.2 Å². The molecule has 0 saturated carbocycles. The van der Waals surface area contributed by atoms with E-state index in [1.54, 1.807) is 11.8 Å². The molecular weight excluding hydrogens is 444 g/mol. The first kappa shape index (κ1) is 23.9. The highest BCUT2D eigenvalue weighted by Crippen LogP contribution is 2.17. The summed E-state index contributed by atoms with van der Waals surface area (Å²) in [6.07, 6.45) is 0.902. The molecule has 1 N–H and O–H groups in total. The number of rotatable bonds is 10. The van der Waals surface area contributed by atoms with Crippen molar-refractivity contribution in [1.82, 2.24) is 10.2 Å². The van der Waals surface area contributed by atoms with E-state index in [2.05, 4.69) is 21.2 Å². The summed E-state index contributed by atoms with van der Waals surface area (Å²) in [5.74, 6) is 0.585. The third-order valence-corrected chi connectivity index (χ3v) is 5.16. The molecule has 1 atom stereocenters. The van der Waals surface area contributed by atoms with Gasteiger partial charge in [-0.3, -0.25) is 9.59 Å². The van der Waals surface area contributed by atoms with Gasteiger partial charge in [0.2, 0.25) is 11.8 Å². The van der Waals surface area contributed by atoms with Gasteiger partial charge in [-0.2, -0.15) is 0 Å². The highest BCUT2D eigenvalue weighted by Gasteiger charge is 2.26. The van der Waals surface area contributed by atoms with Gasteiger partial charge in [0.25, 0.3) is 0 Å². The highest BCUT2D eigenvalue weighted by atomic mass is 79.9. The molecule has 0 aliphatic rings. The highest BCUT2D eigenvalue weighted by molar-refractivity contribution is 9.10. The minimum atomic E-state index is -0.558. The van der Waals surface area contributed by atoms with Gasteiger partial charge < -0.3 is 15.0 Å². The zero-order valence-electron chi connectivity index (χ0n) is 18.2. The molecule has 30 heavy (non-hydrogen) atoms. The number of hydrogen-bond donors (Lipinski definition) is 1. The average Bonchev–Trinajstić information content (AvgIpc) is 2.69. The van der Waals surface area contributed by atoms with Crippen molar-refractivity contribution in [3.05, 3.63) is 64.1 Å². The van der Waals surface area contributed by atoms with E-state index in [-0.39, 0.29) is 17.9 Å². The molecule has 0 fully saturated rings. The third-order valence-electron chi connectivity index (χ3n) is 4.66. The standard InChI is InChI=1S/C24H31BrN2O3/c1-17(2)26-24(29)19(4)27(16-20-7-5-8-21(25)15-20)23(28)9-6-14-30-22-12-10-18(3)11-13-22/h5,7-8,10-13,15,17,19H,6,9,14,16H2,1-4H3,(H,26,29)/t19-/m1/s1. The predicted molar refractivity (Wildman–Crippen MR) is 123 cm³/mol. The van der Waals surface area contributed by atoms with E-state index in [0.29, 0.717) is 26.0 Å². The van der Waals surface area contributed by atoms with Crippen molar-refractivity contribution >= 4 is 27.7 Å². The summed E-state index contributed by atoms with van der Waals surface area (Å²) in [4.78, 5) is 27.2. The minimum absolute atomic E-state index is 0.0191. The van der Waals surface area contributed by atoms with Gasteiger partial charge in [0.05, 0.1) is 6.61 Å². The summed E-state index contributed by atoms with van der Waals surface area (Å²) in [5.41, 5.74) is 2.15. The summed E-state index contributed by atoms with van der Waals surface area (Å²) in [6, 6.07) is 15.1. The molecular formula is C24H31BrN2O3. The van der Waals surface area contributed by atoms with Crippen LogP contribution in [0.25, 0.3) is 0 Å². The van der Waals surface area contributed by atoms with Crippen LogP contribution < -0.4 is 10.1 Å². The lowest BCUT2D eigenvalue weighted by Gasteiger charge is -2.29. The molecule has 0 saturated heterocycles. The van der Waals surface area contributed by atoms with Crippen molar-refractivity contribution in [2.75, 3.05) is 6.61 Å². The van der Waals surface area contributed by atoms with E-state index in [0.717, 1.165) is 15.8 Å². The van der Waals surface area contributed by atoms with Crippen LogP contribution in [0.15, 0.2) is 53.0 Å². The summed E-state index contributed by atoms with van der Waals surface area (Å²) < 4.78 is 6.67. The van der Waals surface area contributed by atoms with Crippen molar-refractivity contribution in [2.24, 2.45) is 0 Å². The lowest BCUT2D eigenvalue weighted by atomic mass is 10.1. The second-order valence-corrected chi connectivity index (χ2v) is 8.67. The fraction of sp³-hybridized carbons (Fsp3) is 0.417. The molecule has 0 aliphatic carbocycles. The van der Waals surface area contributed by atoms with E-state index >= 15 is 0 Å². The molecule has 0 bridgehead atoms. The molecule has 2 rings (SSSR count). The Morgan fingerprint density at radius 2 is 1.80 bits per heavy atom. The van der Waals surface area contributed by atoms with Gasteiger partial charge in [-0.1, -0.05) is 45.8 Å². The fourth-order valence-electron chi connectivity index (χ4n) is 3.01. The van der Waals surface area contributed by atoms with E-state index in [9.17, 15) is 9.59 Å². The molecule has 0 aromatic heterocycles. The van der Waals surface area contributed by atoms with Gasteiger partial charge in [0, 0.05) is 23.5 Å². The predicted octanol–water partition coefficient (Wildman–Crippen LogP) is 4.86. The maximum absolute atomic E-state index is 13.0. The summed E-state index contributed by atoms with van der Waals surface area (Å²) >= 11 is 3.47. The Kier molecular flexibility index (Phi) is 9.37. The van der Waals surface area contributed by atoms with Crippen LogP contribution in [0, 0.1) is 6.92 Å². The fourth-order valence-corrected chi connectivity index (χ4v) is 3.46. The van der Waals surface area contributed by atoms with Crippen molar-refractivity contribution in [1.29, 1.82) is 0 Å². The van der Waals surface area contributed by atoms with Crippen LogP contribution >= 0.6 is 15.9 Å². The molecule has 5 nitrogen and oxygen atoms in total. The van der Waals surface area contributed by atoms with Crippen molar-refractivity contribution < 1.29 is 14.3 Å². The van der Waals surface area contributed by atoms with E-state index in [4.69, 9.17) is 4.74 Å². The van der Waals surface area contributed by atoms with Crippen LogP contribution in [-0.4, -0.2) is 35.4 Å². The monoisotopic (exact) mass is 474 g/mol. The molecule has 0 aliphatic heterocycles. The Balaban J connectivity index is 1.99. The molecule has 0 radical (unpaired) electrons. The summed E-state index contributed by atoms with van der Waals surface area (Å²) in [5, 5.41) is 2.90. The van der Waals surface area contributed by atoms with Gasteiger partial charge in [-0.05, 0) is 63.9 Å². The minimum Gasteiger partial charge on any atom is -0.494 e. The van der Waals surface area contributed by atoms with Gasteiger partial charge in [-0.25, -0.2) is 0 Å². The number of hydrogen-bond acceptors (Lipinski definition) is 3. The van der Waals surface area contributed by atoms with Gasteiger partial charge in [0.1, 0.15) is 11.8 Å². The number of aryl methyl sites for hydroxylation is 1. The molecule has 2 amide bonds. The number of nitrogens with one attached hydrogen (secondary N) is 1. The Hall–Kier alpha value is -2.34. The quantitative estimate of drug-likeness (QED) is 0.500. The summed E-state index contributed by atoms with van der Waals surface area (Å²) in [7, 11) is 0. The van der Waals surface area contributed by atoms with E-state index in [1.807, 2.05) is 69.3 Å². The van der Waals surface area contributed by atoms with Crippen molar-refractivity contribution in [3.63, 3.8) is 0 Å². The number of benzene rings is 2. The van der Waals surface area contributed by atoms with Crippen LogP contribution in [0.5, 0.6) is 5.75 Å². The number of nitrogens with zero attached hydrogens (tertiary/aromatic N) is 1. The SMILES string of the molecule is Cc1ccc(OCCCC(=O)N(Cc2cccc(Br)c2)[C@H](C)C(=O)NC(C)C)cc1. The molecule has 6 heteroatoms. The maximum atomic E-state index is 13.0. The molecule has 0 heterocycles. The molecule has 2 aromatic carbocycles. The number of carbonyl (C=O) groups excluding carboxylic acids is 2. The smallest absolute Gasteiger partial charge is 0.242 e. The Bertz CT molecular complexity index is 837. The molecule has 162 valence electrons. The first-order valence-corrected chi connectivity index (χ1v) is 11.1. The van der Waals surface area contributed by atoms with E-state index in [1.165, 1.54) is 5.56 Å². The number of carbonyl (C=O) groups is 2. The van der Waals surface area contributed by atoms with Gasteiger partial charge in [0.15, 0.2) is 0 Å². The number of ether oxygens (including phenoxy) is 1. The molecule has 0 unspecified atom stereocenters. The Morgan fingerprint density at radius 1 is 1.10 bits per heavy atom. The summed E-state index contributed by atoms with van der Waals surface area (Å²) in [6.45, 7) is 8.45. The first-order valence-electron chi connectivity index (χ1n) is 10.3. The largest absolute Gasteiger partial charge is 0.494 e. The van der Waals surface area contributed by atoms with Crippen LogP contribution in [0.1, 0.15) is 44.7 Å². The zero-order valence-corrected chi connectivity index (χ0v) is 19.7. The second kappa shape index (κ2) is 11.7. The molecule has 2 aromatic rings. The third kappa shape index (κ3) is 7.82. The van der Waals surface area contributed by atoms with Gasteiger partial charge >= 0.3 is 0 Å². The van der Waals surface area contributed by atoms with Gasteiger partial charge in [-0.15, -0.1) is 0 Å². The lowest BCUT2D eigenvalue weighted by Crippen LogP contribution is -2.49. The zero-order chi connectivity index (χ0) is 22.1. The average molecular weight is 475 g/mol. The van der Waals surface area contributed by atoms with E-state index < -0.39 is 6.04 Å². The van der Waals surface area contributed by atoms with Crippen molar-refractivity contribution in [3.8, 4) is 5.75 Å². The van der Waals surface area contributed by atoms with Crippen LogP contribution in [-0.2, 0) is 16.1 Å².